The predicted molar refractivity (Wildman–Crippen MR) is 125 cm³/mol. The maximum absolute atomic E-state index is 10.5. The molecule has 1 aromatic rings. The fourth-order valence-electron chi connectivity index (χ4n) is 4.09. The first-order valence-electron chi connectivity index (χ1n) is 11.0. The summed E-state index contributed by atoms with van der Waals surface area (Å²) in [6.45, 7) is 10.4. The molecule has 0 unspecified atom stereocenters. The zero-order chi connectivity index (χ0) is 23.0. The van der Waals surface area contributed by atoms with Gasteiger partial charge in [0.25, 0.3) is 0 Å². The van der Waals surface area contributed by atoms with Crippen molar-refractivity contribution in [3.05, 3.63) is 71.4 Å². The minimum absolute atomic E-state index is 0.0194. The van der Waals surface area contributed by atoms with Crippen LogP contribution in [0.3, 0.4) is 0 Å². The molecule has 0 aliphatic heterocycles. The number of rotatable bonds is 6. The Kier molecular flexibility index (Phi) is 9.04. The summed E-state index contributed by atoms with van der Waals surface area (Å²) in [5.74, 6) is 0.499. The summed E-state index contributed by atoms with van der Waals surface area (Å²) in [6.07, 6.45) is 13.6. The number of hydrogen-bond acceptors (Lipinski definition) is 4. The molecule has 4 heteroatoms. The van der Waals surface area contributed by atoms with E-state index in [0.717, 1.165) is 36.8 Å². The lowest BCUT2D eigenvalue weighted by atomic mass is 9.73. The SMILES string of the molecule is C=C(C)[C@@H]1CCC(C)=C[C@H]1c1c(O)cc(CCCCC)cc1O.O=C1C=CC(=O)C=C1. The first kappa shape index (κ1) is 24.4. The third-order valence-electron chi connectivity index (χ3n) is 5.80. The summed E-state index contributed by atoms with van der Waals surface area (Å²) in [6, 6.07) is 3.66. The van der Waals surface area contributed by atoms with Gasteiger partial charge in [0.1, 0.15) is 11.5 Å². The van der Waals surface area contributed by atoms with Crippen LogP contribution in [0.25, 0.3) is 0 Å². The summed E-state index contributed by atoms with van der Waals surface area (Å²) < 4.78 is 0. The van der Waals surface area contributed by atoms with E-state index < -0.39 is 0 Å². The molecule has 1 aromatic carbocycles. The second-order valence-corrected chi connectivity index (χ2v) is 8.51. The number of phenolic OH excluding ortho intramolecular Hbond substituents is 2. The molecular weight excluding hydrogens is 388 g/mol. The molecule has 0 saturated heterocycles. The van der Waals surface area contributed by atoms with Crippen LogP contribution >= 0.6 is 0 Å². The zero-order valence-electron chi connectivity index (χ0n) is 18.9. The van der Waals surface area contributed by atoms with Gasteiger partial charge in [0.05, 0.1) is 0 Å². The number of hydrogen-bond donors (Lipinski definition) is 2. The Morgan fingerprint density at radius 2 is 1.58 bits per heavy atom. The van der Waals surface area contributed by atoms with Crippen molar-refractivity contribution in [2.24, 2.45) is 5.92 Å². The van der Waals surface area contributed by atoms with Crippen LogP contribution in [0.5, 0.6) is 11.5 Å². The summed E-state index contributed by atoms with van der Waals surface area (Å²) >= 11 is 0. The van der Waals surface area contributed by atoms with Crippen LogP contribution in [-0.2, 0) is 16.0 Å². The molecule has 0 spiro atoms. The molecule has 166 valence electrons. The van der Waals surface area contributed by atoms with Crippen molar-refractivity contribution < 1.29 is 19.8 Å². The fourth-order valence-corrected chi connectivity index (χ4v) is 4.09. The van der Waals surface area contributed by atoms with Crippen molar-refractivity contribution in [3.8, 4) is 11.5 Å². The molecule has 2 aliphatic rings. The van der Waals surface area contributed by atoms with Gasteiger partial charge >= 0.3 is 0 Å². The van der Waals surface area contributed by atoms with Gasteiger partial charge in [0, 0.05) is 11.5 Å². The normalized spacial score (nSPS) is 20.2. The van der Waals surface area contributed by atoms with Gasteiger partial charge < -0.3 is 10.2 Å². The highest BCUT2D eigenvalue weighted by Crippen LogP contribution is 2.46. The number of allylic oxidation sites excluding steroid dienone is 7. The molecule has 0 saturated carbocycles. The highest BCUT2D eigenvalue weighted by Gasteiger charge is 2.30. The van der Waals surface area contributed by atoms with Crippen molar-refractivity contribution in [1.29, 1.82) is 0 Å². The lowest BCUT2D eigenvalue weighted by Crippen LogP contribution is -2.17. The third-order valence-corrected chi connectivity index (χ3v) is 5.80. The van der Waals surface area contributed by atoms with E-state index in [9.17, 15) is 19.8 Å². The number of unbranched alkanes of at least 4 members (excludes halogenated alkanes) is 2. The van der Waals surface area contributed by atoms with Crippen LogP contribution < -0.4 is 0 Å². The highest BCUT2D eigenvalue weighted by atomic mass is 16.3. The Labute approximate surface area is 185 Å². The highest BCUT2D eigenvalue weighted by molar-refractivity contribution is 6.14. The topological polar surface area (TPSA) is 74.6 Å². The molecule has 3 rings (SSSR count). The third kappa shape index (κ3) is 7.09. The van der Waals surface area contributed by atoms with E-state index in [1.807, 2.05) is 19.1 Å². The number of carbonyl (C=O) groups is 2. The summed E-state index contributed by atoms with van der Waals surface area (Å²) in [4.78, 5) is 20.6. The van der Waals surface area contributed by atoms with Crippen molar-refractivity contribution in [3.63, 3.8) is 0 Å². The molecule has 0 fully saturated rings. The zero-order valence-corrected chi connectivity index (χ0v) is 18.9. The quantitative estimate of drug-likeness (QED) is 0.330. The van der Waals surface area contributed by atoms with Crippen LogP contribution in [0.2, 0.25) is 0 Å². The van der Waals surface area contributed by atoms with Gasteiger partial charge in [-0.25, -0.2) is 0 Å². The number of benzene rings is 1. The molecular formula is C27H34O4. The average Bonchev–Trinajstić information content (AvgIpc) is 2.70. The van der Waals surface area contributed by atoms with Gasteiger partial charge in [-0.05, 0) is 87.4 Å². The van der Waals surface area contributed by atoms with Gasteiger partial charge in [-0.2, -0.15) is 0 Å². The molecule has 0 radical (unpaired) electrons. The molecule has 2 aliphatic carbocycles. The molecule has 4 nitrogen and oxygen atoms in total. The van der Waals surface area contributed by atoms with Gasteiger partial charge in [-0.15, -0.1) is 0 Å². The maximum atomic E-state index is 10.5. The van der Waals surface area contributed by atoms with E-state index >= 15 is 0 Å². The van der Waals surface area contributed by atoms with Crippen LogP contribution in [0.4, 0.5) is 0 Å². The molecule has 0 bridgehead atoms. The lowest BCUT2D eigenvalue weighted by molar-refractivity contribution is -0.113. The van der Waals surface area contributed by atoms with E-state index in [4.69, 9.17) is 0 Å². The van der Waals surface area contributed by atoms with E-state index in [0.29, 0.717) is 5.56 Å². The molecule has 0 heterocycles. The van der Waals surface area contributed by atoms with Crippen molar-refractivity contribution in [2.45, 2.75) is 65.2 Å². The second kappa shape index (κ2) is 11.5. The number of phenols is 2. The number of aromatic hydroxyl groups is 2. The second-order valence-electron chi connectivity index (χ2n) is 8.51. The van der Waals surface area contributed by atoms with Gasteiger partial charge in [0.15, 0.2) is 11.6 Å². The molecule has 0 amide bonds. The Morgan fingerprint density at radius 1 is 1.03 bits per heavy atom. The minimum Gasteiger partial charge on any atom is -0.507 e. The van der Waals surface area contributed by atoms with Crippen LogP contribution in [0.15, 0.2) is 60.2 Å². The summed E-state index contributed by atoms with van der Waals surface area (Å²) in [7, 11) is 0. The Hall–Kier alpha value is -2.88. The number of aryl methyl sites for hydroxylation is 1. The largest absolute Gasteiger partial charge is 0.507 e. The molecule has 2 atom stereocenters. The Bertz CT molecular complexity index is 856. The van der Waals surface area contributed by atoms with Gasteiger partial charge in [-0.1, -0.05) is 43.6 Å². The van der Waals surface area contributed by atoms with Crippen molar-refractivity contribution in [1.82, 2.24) is 0 Å². The van der Waals surface area contributed by atoms with Crippen molar-refractivity contribution >= 4 is 11.6 Å². The van der Waals surface area contributed by atoms with E-state index in [1.165, 1.54) is 42.7 Å². The average molecular weight is 423 g/mol. The standard InChI is InChI=1S/C21H30O2.C6H4O2/c1-5-6-7-8-16-12-19(22)21(20(23)13-16)18-11-15(4)9-10-17(18)14(2)3;7-5-1-2-6(8)4-3-5/h11-13,17-18,22-23H,2,5-10H2,1,3-4H3;1-4H/t17-,18+;/m0./s1. The predicted octanol–water partition coefficient (Wildman–Crippen LogP) is 6.10. The van der Waals surface area contributed by atoms with Crippen LogP contribution in [0, 0.1) is 5.92 Å². The first-order valence-corrected chi connectivity index (χ1v) is 11.0. The molecule has 2 N–H and O–H groups in total. The van der Waals surface area contributed by atoms with Crippen LogP contribution in [-0.4, -0.2) is 21.8 Å². The van der Waals surface area contributed by atoms with E-state index in [1.54, 1.807) is 0 Å². The minimum atomic E-state index is -0.121. The van der Waals surface area contributed by atoms with Crippen LogP contribution in [0.1, 0.15) is 69.9 Å². The number of carbonyl (C=O) groups excluding carboxylic acids is 2. The fraction of sp³-hybridized carbons (Fsp3) is 0.407. The summed E-state index contributed by atoms with van der Waals surface area (Å²) in [5.41, 5.74) is 4.11. The van der Waals surface area contributed by atoms with Gasteiger partial charge in [-0.3, -0.25) is 9.59 Å². The lowest BCUT2D eigenvalue weighted by Gasteiger charge is -2.31. The number of ketones is 2. The molecule has 31 heavy (non-hydrogen) atoms. The Morgan fingerprint density at radius 3 is 2.06 bits per heavy atom. The smallest absolute Gasteiger partial charge is 0.178 e. The van der Waals surface area contributed by atoms with E-state index in [-0.39, 0.29) is 34.9 Å². The maximum Gasteiger partial charge on any atom is 0.178 e. The Balaban J connectivity index is 0.000000357. The van der Waals surface area contributed by atoms with E-state index in [2.05, 4.69) is 26.5 Å². The van der Waals surface area contributed by atoms with Crippen molar-refractivity contribution in [2.75, 3.05) is 0 Å². The monoisotopic (exact) mass is 422 g/mol. The molecule has 0 aromatic heterocycles. The van der Waals surface area contributed by atoms with Gasteiger partial charge in [0.2, 0.25) is 0 Å². The summed E-state index contributed by atoms with van der Waals surface area (Å²) in [5, 5.41) is 21.1. The first-order chi connectivity index (χ1) is 14.7.